The molecule has 0 fully saturated rings. The maximum absolute atomic E-state index is 13.2. The van der Waals surface area contributed by atoms with E-state index in [4.69, 9.17) is 9.47 Å². The van der Waals surface area contributed by atoms with Gasteiger partial charge in [-0.25, -0.2) is 8.42 Å². The van der Waals surface area contributed by atoms with Crippen LogP contribution >= 0.6 is 0 Å². The molecule has 0 saturated heterocycles. The van der Waals surface area contributed by atoms with Crippen LogP contribution in [0, 0.1) is 5.92 Å². The van der Waals surface area contributed by atoms with Gasteiger partial charge in [0.15, 0.2) is 11.5 Å². The summed E-state index contributed by atoms with van der Waals surface area (Å²) in [6.07, 6.45) is 1.27. The number of nitrogens with one attached hydrogen (secondary N) is 2. The lowest BCUT2D eigenvalue weighted by atomic mass is 10.0. The Morgan fingerprint density at radius 1 is 1.06 bits per heavy atom. The van der Waals surface area contributed by atoms with Crippen molar-refractivity contribution in [3.63, 3.8) is 0 Å². The van der Waals surface area contributed by atoms with Crippen molar-refractivity contribution in [2.75, 3.05) is 31.0 Å². The molecule has 2 N–H and O–H groups in total. The van der Waals surface area contributed by atoms with E-state index >= 15 is 0 Å². The Kier molecular flexibility index (Phi) is 8.39. The van der Waals surface area contributed by atoms with E-state index < -0.39 is 22.0 Å². The van der Waals surface area contributed by atoms with Crippen LogP contribution in [0.25, 0.3) is 0 Å². The van der Waals surface area contributed by atoms with Crippen molar-refractivity contribution < 1.29 is 27.5 Å². The molecule has 35 heavy (non-hydrogen) atoms. The SMILES string of the molecule is CCC(=O)N1CCc2cc(S(=O)(=O)N[C@@H](CC(C)C)C(=O)Nc3ccc(OC)c(OC)c3)ccc21. The number of benzene rings is 2. The standard InChI is InChI=1S/C25H33N3O6S/c1-6-24(29)28-12-11-17-14-19(8-9-21(17)28)35(31,32)27-20(13-16(2)3)25(30)26-18-7-10-22(33-4)23(15-18)34-5/h7-10,14-16,20,27H,6,11-13H2,1-5H3,(H,26,30)/t20-/m0/s1. The molecule has 0 spiro atoms. The smallest absolute Gasteiger partial charge is 0.242 e. The fourth-order valence-corrected chi connectivity index (χ4v) is 5.33. The first-order valence-electron chi connectivity index (χ1n) is 11.6. The van der Waals surface area contributed by atoms with Gasteiger partial charge in [0.25, 0.3) is 0 Å². The minimum atomic E-state index is -3.99. The van der Waals surface area contributed by atoms with Gasteiger partial charge in [-0.15, -0.1) is 0 Å². The van der Waals surface area contributed by atoms with Crippen LogP contribution in [0.15, 0.2) is 41.3 Å². The fourth-order valence-electron chi connectivity index (χ4n) is 4.07. The van der Waals surface area contributed by atoms with E-state index in [0.29, 0.717) is 43.0 Å². The lowest BCUT2D eigenvalue weighted by Gasteiger charge is -2.21. The summed E-state index contributed by atoms with van der Waals surface area (Å²) in [5, 5.41) is 2.77. The highest BCUT2D eigenvalue weighted by atomic mass is 32.2. The van der Waals surface area contributed by atoms with Gasteiger partial charge in [-0.1, -0.05) is 20.8 Å². The van der Waals surface area contributed by atoms with E-state index in [2.05, 4.69) is 10.0 Å². The lowest BCUT2D eigenvalue weighted by Crippen LogP contribution is -2.44. The van der Waals surface area contributed by atoms with Crippen LogP contribution in [-0.4, -0.2) is 47.0 Å². The Labute approximate surface area is 206 Å². The molecule has 9 nitrogen and oxygen atoms in total. The molecule has 0 unspecified atom stereocenters. The number of methoxy groups -OCH3 is 2. The van der Waals surface area contributed by atoms with Crippen molar-refractivity contribution in [2.24, 2.45) is 5.92 Å². The van der Waals surface area contributed by atoms with Crippen molar-refractivity contribution in [2.45, 2.75) is 51.0 Å². The second-order valence-electron chi connectivity index (χ2n) is 8.80. The normalized spacial score (nSPS) is 13.9. The maximum atomic E-state index is 13.2. The largest absolute Gasteiger partial charge is 0.493 e. The number of sulfonamides is 1. The van der Waals surface area contributed by atoms with Crippen molar-refractivity contribution in [1.82, 2.24) is 4.72 Å². The van der Waals surface area contributed by atoms with Crippen LogP contribution in [0.4, 0.5) is 11.4 Å². The highest BCUT2D eigenvalue weighted by Crippen LogP contribution is 2.32. The van der Waals surface area contributed by atoms with Gasteiger partial charge < -0.3 is 19.7 Å². The summed E-state index contributed by atoms with van der Waals surface area (Å²) in [7, 11) is -0.981. The molecule has 2 aromatic carbocycles. The zero-order valence-corrected chi connectivity index (χ0v) is 21.6. The van der Waals surface area contributed by atoms with Gasteiger partial charge in [0.05, 0.1) is 19.1 Å². The second kappa shape index (κ2) is 11.1. The number of amides is 2. The molecule has 10 heteroatoms. The number of nitrogens with zero attached hydrogens (tertiary/aromatic N) is 1. The molecule has 0 bridgehead atoms. The molecule has 0 aromatic heterocycles. The molecule has 3 rings (SSSR count). The quantitative estimate of drug-likeness (QED) is 0.514. The summed E-state index contributed by atoms with van der Waals surface area (Å²) >= 11 is 0. The molecular weight excluding hydrogens is 470 g/mol. The summed E-state index contributed by atoms with van der Waals surface area (Å²) in [6.45, 7) is 6.16. The third-order valence-corrected chi connectivity index (χ3v) is 7.30. The molecule has 0 radical (unpaired) electrons. The third-order valence-electron chi connectivity index (χ3n) is 5.83. The van der Waals surface area contributed by atoms with Gasteiger partial charge in [0.2, 0.25) is 21.8 Å². The zero-order chi connectivity index (χ0) is 25.8. The van der Waals surface area contributed by atoms with E-state index in [1.165, 1.54) is 20.3 Å². The fraction of sp³-hybridized carbons (Fsp3) is 0.440. The summed E-state index contributed by atoms with van der Waals surface area (Å²) < 4.78 is 39.5. The Hall–Kier alpha value is -3.11. The predicted octanol–water partition coefficient (Wildman–Crippen LogP) is 3.33. The minimum Gasteiger partial charge on any atom is -0.493 e. The van der Waals surface area contributed by atoms with Gasteiger partial charge in [-0.3, -0.25) is 9.59 Å². The molecule has 1 heterocycles. The second-order valence-corrected chi connectivity index (χ2v) is 10.5. The highest BCUT2D eigenvalue weighted by Gasteiger charge is 2.29. The first-order chi connectivity index (χ1) is 16.6. The average molecular weight is 504 g/mol. The number of anilines is 2. The van der Waals surface area contributed by atoms with Gasteiger partial charge >= 0.3 is 0 Å². The number of carbonyl (C=O) groups is 2. The number of fused-ring (bicyclic) bond motifs is 1. The molecule has 1 atom stereocenters. The molecule has 0 aliphatic carbocycles. The number of hydrogen-bond acceptors (Lipinski definition) is 6. The topological polar surface area (TPSA) is 114 Å². The molecule has 2 aromatic rings. The van der Waals surface area contributed by atoms with E-state index in [1.54, 1.807) is 42.2 Å². The molecular formula is C25H33N3O6S. The Morgan fingerprint density at radius 2 is 1.77 bits per heavy atom. The maximum Gasteiger partial charge on any atom is 0.242 e. The van der Waals surface area contributed by atoms with Crippen LogP contribution in [-0.2, 0) is 26.0 Å². The molecule has 1 aliphatic rings. The average Bonchev–Trinajstić information content (AvgIpc) is 3.26. The number of hydrogen-bond donors (Lipinski definition) is 2. The van der Waals surface area contributed by atoms with Crippen LogP contribution in [0.1, 0.15) is 39.2 Å². The third kappa shape index (κ3) is 6.12. The number of carbonyl (C=O) groups excluding carboxylic acids is 2. The minimum absolute atomic E-state index is 0.00122. The van der Waals surface area contributed by atoms with E-state index in [1.807, 2.05) is 13.8 Å². The first-order valence-corrected chi connectivity index (χ1v) is 13.1. The van der Waals surface area contributed by atoms with Crippen molar-refractivity contribution in [3.8, 4) is 11.5 Å². The van der Waals surface area contributed by atoms with Crippen LogP contribution in [0.2, 0.25) is 0 Å². The summed E-state index contributed by atoms with van der Waals surface area (Å²) in [5.41, 5.74) is 1.99. The summed E-state index contributed by atoms with van der Waals surface area (Å²) in [4.78, 5) is 27.0. The molecule has 2 amide bonds. The molecule has 190 valence electrons. The zero-order valence-electron chi connectivity index (χ0n) is 20.8. The number of ether oxygens (including phenoxy) is 2. The number of rotatable bonds is 10. The van der Waals surface area contributed by atoms with Crippen LogP contribution in [0.5, 0.6) is 11.5 Å². The summed E-state index contributed by atoms with van der Waals surface area (Å²) in [5.74, 6) is 0.546. The highest BCUT2D eigenvalue weighted by molar-refractivity contribution is 7.89. The van der Waals surface area contributed by atoms with Crippen molar-refractivity contribution in [3.05, 3.63) is 42.0 Å². The lowest BCUT2D eigenvalue weighted by molar-refractivity contribution is -0.118. The molecule has 0 saturated carbocycles. The van der Waals surface area contributed by atoms with Gasteiger partial charge in [-0.05, 0) is 54.7 Å². The van der Waals surface area contributed by atoms with Crippen molar-refractivity contribution in [1.29, 1.82) is 0 Å². The Balaban J connectivity index is 1.81. The molecule has 1 aliphatic heterocycles. The van der Waals surface area contributed by atoms with Crippen LogP contribution in [0.3, 0.4) is 0 Å². The predicted molar refractivity (Wildman–Crippen MR) is 135 cm³/mol. The Morgan fingerprint density at radius 3 is 2.40 bits per heavy atom. The van der Waals surface area contributed by atoms with E-state index in [-0.39, 0.29) is 16.7 Å². The van der Waals surface area contributed by atoms with Crippen molar-refractivity contribution >= 4 is 33.2 Å². The van der Waals surface area contributed by atoms with E-state index in [0.717, 1.165) is 11.3 Å². The van der Waals surface area contributed by atoms with Gasteiger partial charge in [-0.2, -0.15) is 4.72 Å². The summed E-state index contributed by atoms with van der Waals surface area (Å²) in [6, 6.07) is 8.66. The monoisotopic (exact) mass is 503 g/mol. The first kappa shape index (κ1) is 26.5. The van der Waals surface area contributed by atoms with Crippen LogP contribution < -0.4 is 24.4 Å². The van der Waals surface area contributed by atoms with Gasteiger partial charge in [0, 0.05) is 30.4 Å². The Bertz CT molecular complexity index is 1200. The van der Waals surface area contributed by atoms with Gasteiger partial charge in [0.1, 0.15) is 6.04 Å². The van der Waals surface area contributed by atoms with E-state index in [9.17, 15) is 18.0 Å².